The first-order chi connectivity index (χ1) is 10.2. The van der Waals surface area contributed by atoms with Gasteiger partial charge in [0.25, 0.3) is 5.91 Å². The fourth-order valence-corrected chi connectivity index (χ4v) is 2.48. The van der Waals surface area contributed by atoms with Gasteiger partial charge in [-0.05, 0) is 24.3 Å². The number of halogens is 3. The first kappa shape index (κ1) is 15.9. The number of primary amides is 1. The molecule has 0 saturated heterocycles. The Morgan fingerprint density at radius 2 is 1.82 bits per heavy atom. The molecular weight excluding hydrogens is 297 g/mol. The highest BCUT2D eigenvalue weighted by atomic mass is 19.4. The third-order valence-corrected chi connectivity index (χ3v) is 3.70. The third-order valence-electron chi connectivity index (χ3n) is 3.70. The first-order valence-electron chi connectivity index (χ1n) is 6.45. The number of alkyl halides is 3. The molecule has 0 heterocycles. The Morgan fingerprint density at radius 3 is 2.18 bits per heavy atom. The van der Waals surface area contributed by atoms with E-state index in [-0.39, 0.29) is 18.4 Å². The molecule has 7 heteroatoms. The van der Waals surface area contributed by atoms with Crippen LogP contribution in [0.1, 0.15) is 24.4 Å². The summed E-state index contributed by atoms with van der Waals surface area (Å²) in [5, 5.41) is 0. The van der Waals surface area contributed by atoms with Crippen molar-refractivity contribution in [3.05, 3.63) is 35.9 Å². The summed E-state index contributed by atoms with van der Waals surface area (Å²) in [4.78, 5) is 24.1. The maximum Gasteiger partial charge on any atom is 0.411 e. The molecular formula is C15H13F3N2O2. The number of hydrogen-bond acceptors (Lipinski definition) is 2. The number of rotatable bonds is 4. The highest BCUT2D eigenvalue weighted by Crippen LogP contribution is 2.56. The molecule has 0 aromatic heterocycles. The number of nitrogens with two attached hydrogens (primary N) is 1. The lowest BCUT2D eigenvalue weighted by molar-refractivity contribution is -0.204. The number of carbonyl (C=O) groups excluding carboxylic acids is 2. The fourth-order valence-electron chi connectivity index (χ4n) is 2.48. The molecule has 0 bridgehead atoms. The predicted molar refractivity (Wildman–Crippen MR) is 72.1 cm³/mol. The molecule has 1 aliphatic rings. The standard InChI is InChI=1S/C15H13F3N2O2/c1-2-11(21)20(14(8-9-14)15(16,17)18)12(13(19)22)10-6-4-3-5-7-10/h1,3-7,12H,8-9H2,(H2,19,22). The summed E-state index contributed by atoms with van der Waals surface area (Å²) in [6.45, 7) is 0. The molecule has 1 saturated carbocycles. The smallest absolute Gasteiger partial charge is 0.368 e. The zero-order valence-corrected chi connectivity index (χ0v) is 11.4. The van der Waals surface area contributed by atoms with Gasteiger partial charge >= 0.3 is 6.18 Å². The molecule has 1 aromatic carbocycles. The van der Waals surface area contributed by atoms with E-state index in [1.165, 1.54) is 24.3 Å². The van der Waals surface area contributed by atoms with Crippen LogP contribution in [0, 0.1) is 12.3 Å². The molecule has 0 radical (unpaired) electrons. The van der Waals surface area contributed by atoms with Crippen molar-refractivity contribution in [1.82, 2.24) is 4.90 Å². The van der Waals surface area contributed by atoms with Gasteiger partial charge in [0.2, 0.25) is 5.91 Å². The monoisotopic (exact) mass is 310 g/mol. The lowest BCUT2D eigenvalue weighted by Crippen LogP contribution is -2.55. The van der Waals surface area contributed by atoms with Crippen molar-refractivity contribution in [3.8, 4) is 12.3 Å². The second-order valence-electron chi connectivity index (χ2n) is 5.06. The van der Waals surface area contributed by atoms with E-state index < -0.39 is 29.6 Å². The second-order valence-corrected chi connectivity index (χ2v) is 5.06. The van der Waals surface area contributed by atoms with Crippen LogP contribution in [0.25, 0.3) is 0 Å². The molecule has 2 rings (SSSR count). The van der Waals surface area contributed by atoms with Crippen molar-refractivity contribution >= 4 is 11.8 Å². The minimum atomic E-state index is -4.69. The minimum absolute atomic E-state index is 0.189. The van der Waals surface area contributed by atoms with Crippen LogP contribution < -0.4 is 5.73 Å². The molecule has 0 aliphatic heterocycles. The zero-order valence-electron chi connectivity index (χ0n) is 11.4. The lowest BCUT2D eigenvalue weighted by Gasteiger charge is -2.37. The van der Waals surface area contributed by atoms with Gasteiger partial charge in [-0.2, -0.15) is 13.2 Å². The summed E-state index contributed by atoms with van der Waals surface area (Å²) in [6, 6.07) is 6.01. The molecule has 2 amide bonds. The summed E-state index contributed by atoms with van der Waals surface area (Å²) >= 11 is 0. The van der Waals surface area contributed by atoms with Gasteiger partial charge in [0.05, 0.1) is 0 Å². The van der Waals surface area contributed by atoms with Gasteiger partial charge in [0.15, 0.2) is 0 Å². The minimum Gasteiger partial charge on any atom is -0.368 e. The summed E-state index contributed by atoms with van der Waals surface area (Å²) in [5.74, 6) is -0.603. The van der Waals surface area contributed by atoms with Crippen LogP contribution in [0.5, 0.6) is 0 Å². The highest BCUT2D eigenvalue weighted by Gasteiger charge is 2.69. The van der Waals surface area contributed by atoms with Crippen LogP contribution in [0.15, 0.2) is 30.3 Å². The second kappa shape index (κ2) is 5.37. The number of terminal acetylenes is 1. The first-order valence-corrected chi connectivity index (χ1v) is 6.45. The normalized spacial score (nSPS) is 17.2. The molecule has 22 heavy (non-hydrogen) atoms. The summed E-state index contributed by atoms with van der Waals surface area (Å²) < 4.78 is 40.1. The van der Waals surface area contributed by atoms with Gasteiger partial charge in [0, 0.05) is 0 Å². The number of benzene rings is 1. The van der Waals surface area contributed by atoms with E-state index in [0.29, 0.717) is 4.90 Å². The zero-order chi connectivity index (χ0) is 16.5. The fraction of sp³-hybridized carbons (Fsp3) is 0.333. The van der Waals surface area contributed by atoms with E-state index >= 15 is 0 Å². The maximum atomic E-state index is 13.4. The Bertz CT molecular complexity index is 630. The Balaban J connectivity index is 2.56. The summed E-state index contributed by atoms with van der Waals surface area (Å²) in [6.07, 6.45) is -0.306. The van der Waals surface area contributed by atoms with Crippen molar-refractivity contribution in [2.75, 3.05) is 0 Å². The van der Waals surface area contributed by atoms with Crippen LogP contribution in [-0.2, 0) is 9.59 Å². The third kappa shape index (κ3) is 2.52. The van der Waals surface area contributed by atoms with Crippen molar-refractivity contribution in [2.24, 2.45) is 5.73 Å². The average molecular weight is 310 g/mol. The Morgan fingerprint density at radius 1 is 1.27 bits per heavy atom. The van der Waals surface area contributed by atoms with E-state index in [9.17, 15) is 22.8 Å². The van der Waals surface area contributed by atoms with Gasteiger partial charge in [-0.25, -0.2) is 0 Å². The van der Waals surface area contributed by atoms with Crippen molar-refractivity contribution < 1.29 is 22.8 Å². The molecule has 2 N–H and O–H groups in total. The molecule has 0 spiro atoms. The molecule has 1 aliphatic carbocycles. The van der Waals surface area contributed by atoms with Crippen LogP contribution in [0.2, 0.25) is 0 Å². The Labute approximate surface area is 125 Å². The number of hydrogen-bond donors (Lipinski definition) is 1. The lowest BCUT2D eigenvalue weighted by atomic mass is 10.0. The largest absolute Gasteiger partial charge is 0.411 e. The molecule has 1 aromatic rings. The van der Waals surface area contributed by atoms with E-state index in [2.05, 4.69) is 0 Å². The van der Waals surface area contributed by atoms with E-state index in [0.717, 1.165) is 0 Å². The van der Waals surface area contributed by atoms with Crippen LogP contribution in [0.3, 0.4) is 0 Å². The van der Waals surface area contributed by atoms with Gasteiger partial charge in [0.1, 0.15) is 11.6 Å². The highest BCUT2D eigenvalue weighted by molar-refractivity contribution is 5.97. The molecule has 1 atom stereocenters. The van der Waals surface area contributed by atoms with Crippen LogP contribution in [0.4, 0.5) is 13.2 Å². The SMILES string of the molecule is C#CC(=O)N(C(C(N)=O)c1ccccc1)C1(C(F)(F)F)CC1. The van der Waals surface area contributed by atoms with Gasteiger partial charge in [-0.3, -0.25) is 9.59 Å². The Hall–Kier alpha value is -2.49. The van der Waals surface area contributed by atoms with Crippen molar-refractivity contribution in [2.45, 2.75) is 30.6 Å². The summed E-state index contributed by atoms with van der Waals surface area (Å²) in [7, 11) is 0. The topological polar surface area (TPSA) is 63.4 Å². The maximum absolute atomic E-state index is 13.4. The molecule has 1 unspecified atom stereocenters. The van der Waals surface area contributed by atoms with Crippen molar-refractivity contribution in [3.63, 3.8) is 0 Å². The number of amides is 2. The number of carbonyl (C=O) groups is 2. The Kier molecular flexibility index (Phi) is 3.88. The quantitative estimate of drug-likeness (QED) is 0.862. The van der Waals surface area contributed by atoms with Crippen LogP contribution >= 0.6 is 0 Å². The van der Waals surface area contributed by atoms with E-state index in [4.69, 9.17) is 12.2 Å². The molecule has 116 valence electrons. The van der Waals surface area contributed by atoms with Gasteiger partial charge in [-0.15, -0.1) is 6.42 Å². The van der Waals surface area contributed by atoms with Gasteiger partial charge in [-0.1, -0.05) is 30.3 Å². The van der Waals surface area contributed by atoms with Gasteiger partial charge < -0.3 is 10.6 Å². The van der Waals surface area contributed by atoms with E-state index in [1.807, 2.05) is 0 Å². The molecule has 4 nitrogen and oxygen atoms in total. The average Bonchev–Trinajstić information content (AvgIpc) is 3.25. The molecule has 1 fully saturated rings. The predicted octanol–water partition coefficient (Wildman–Crippen LogP) is 1.77. The van der Waals surface area contributed by atoms with Crippen molar-refractivity contribution in [1.29, 1.82) is 0 Å². The van der Waals surface area contributed by atoms with E-state index in [1.54, 1.807) is 12.0 Å². The summed E-state index contributed by atoms with van der Waals surface area (Å²) in [5.41, 5.74) is 3.03. The number of nitrogens with zero attached hydrogens (tertiary/aromatic N) is 1. The van der Waals surface area contributed by atoms with Crippen LogP contribution in [-0.4, -0.2) is 28.4 Å².